The number of carbonyl (C=O) groups excluding carboxylic acids is 5. The summed E-state index contributed by atoms with van der Waals surface area (Å²) in [7, 11) is 2.40. The van der Waals surface area contributed by atoms with Crippen LogP contribution in [0.3, 0.4) is 0 Å². The van der Waals surface area contributed by atoms with E-state index < -0.39 is 17.8 Å². The quantitative estimate of drug-likeness (QED) is 0.415. The van der Waals surface area contributed by atoms with Crippen LogP contribution in [-0.2, 0) is 23.9 Å². The molecule has 1 aromatic carbocycles. The number of esters is 2. The fourth-order valence-corrected chi connectivity index (χ4v) is 4.79. The fraction of sp³-hybridized carbons (Fsp3) is 0.409. The Morgan fingerprint density at radius 1 is 0.935 bits per heavy atom. The van der Waals surface area contributed by atoms with Crippen molar-refractivity contribution in [2.75, 3.05) is 26.1 Å². The molecule has 162 valence electrons. The van der Waals surface area contributed by atoms with Crippen molar-refractivity contribution < 1.29 is 33.4 Å². The van der Waals surface area contributed by atoms with Crippen LogP contribution in [-0.4, -0.2) is 55.3 Å². The van der Waals surface area contributed by atoms with Crippen molar-refractivity contribution in [2.45, 2.75) is 12.8 Å². The van der Waals surface area contributed by atoms with Crippen LogP contribution in [0.5, 0.6) is 0 Å². The number of hydrogen-bond acceptors (Lipinski definition) is 7. The molecule has 3 amide bonds. The summed E-state index contributed by atoms with van der Waals surface area (Å²) in [5, 5.41) is 2.60. The van der Waals surface area contributed by atoms with Crippen molar-refractivity contribution in [2.24, 2.45) is 23.7 Å². The lowest BCUT2D eigenvalue weighted by molar-refractivity contribution is -0.140. The SMILES string of the molecule is COC(=O)c1cc(NC(=O)CCN2C(=O)[C@@H]3[C@H](C2=O)[C@H]2C=C[C@H]3C2)cc(C(=O)OC)c1. The lowest BCUT2D eigenvalue weighted by Crippen LogP contribution is -2.35. The van der Waals surface area contributed by atoms with Gasteiger partial charge in [0.1, 0.15) is 0 Å². The van der Waals surface area contributed by atoms with E-state index in [-0.39, 0.29) is 65.3 Å². The number of anilines is 1. The topological polar surface area (TPSA) is 119 Å². The Kier molecular flexibility index (Phi) is 5.34. The van der Waals surface area contributed by atoms with Crippen LogP contribution in [0.25, 0.3) is 0 Å². The molecule has 4 rings (SSSR count). The lowest BCUT2D eigenvalue weighted by Gasteiger charge is -2.17. The fourth-order valence-electron chi connectivity index (χ4n) is 4.79. The van der Waals surface area contributed by atoms with Crippen molar-refractivity contribution in [3.8, 4) is 0 Å². The van der Waals surface area contributed by atoms with Crippen LogP contribution >= 0.6 is 0 Å². The second kappa shape index (κ2) is 7.98. The molecule has 0 radical (unpaired) electrons. The zero-order valence-electron chi connectivity index (χ0n) is 17.1. The third-order valence-corrected chi connectivity index (χ3v) is 6.18. The summed E-state index contributed by atoms with van der Waals surface area (Å²) in [4.78, 5) is 62.8. The minimum Gasteiger partial charge on any atom is -0.465 e. The van der Waals surface area contributed by atoms with Gasteiger partial charge in [-0.1, -0.05) is 12.2 Å². The summed E-state index contributed by atoms with van der Waals surface area (Å²) >= 11 is 0. The van der Waals surface area contributed by atoms with Gasteiger partial charge in [0.2, 0.25) is 17.7 Å². The van der Waals surface area contributed by atoms with E-state index in [1.807, 2.05) is 12.2 Å². The molecule has 31 heavy (non-hydrogen) atoms. The number of allylic oxidation sites excluding steroid dienone is 2. The number of nitrogens with zero attached hydrogens (tertiary/aromatic N) is 1. The Labute approximate surface area is 178 Å². The number of carbonyl (C=O) groups is 5. The van der Waals surface area contributed by atoms with Crippen molar-refractivity contribution in [1.29, 1.82) is 0 Å². The predicted octanol–water partition coefficient (Wildman–Crippen LogP) is 1.40. The standard InChI is InChI=1S/C22H22N2O7/c1-30-21(28)13-8-14(22(29)31-2)10-15(9-13)23-16(25)5-6-24-19(26)17-11-3-4-12(7-11)18(17)20(24)27/h3-4,8-12,17-18H,5-7H2,1-2H3,(H,23,25)/t11-,12-,17-,18+/m0/s1. The number of amides is 3. The molecule has 0 spiro atoms. The summed E-state index contributed by atoms with van der Waals surface area (Å²) in [6, 6.07) is 4.04. The zero-order chi connectivity index (χ0) is 22.3. The van der Waals surface area contributed by atoms with Crippen molar-refractivity contribution in [3.05, 3.63) is 41.5 Å². The number of likely N-dealkylation sites (tertiary alicyclic amines) is 1. The second-order valence-electron chi connectivity index (χ2n) is 7.91. The summed E-state index contributed by atoms with van der Waals surface area (Å²) in [6.07, 6.45) is 4.77. The first-order valence-electron chi connectivity index (χ1n) is 9.99. The lowest BCUT2D eigenvalue weighted by atomic mass is 9.85. The Hall–Kier alpha value is -3.49. The average Bonchev–Trinajstić information content (AvgIpc) is 3.45. The van der Waals surface area contributed by atoms with Gasteiger partial charge < -0.3 is 14.8 Å². The third-order valence-electron chi connectivity index (χ3n) is 6.18. The van der Waals surface area contributed by atoms with E-state index in [1.165, 1.54) is 37.3 Å². The molecule has 2 fully saturated rings. The van der Waals surface area contributed by atoms with E-state index in [0.717, 1.165) is 6.42 Å². The van der Waals surface area contributed by atoms with Gasteiger partial charge in [0.05, 0.1) is 37.2 Å². The summed E-state index contributed by atoms with van der Waals surface area (Å²) in [5.74, 6) is -2.60. The first-order chi connectivity index (χ1) is 14.8. The molecule has 4 atom stereocenters. The number of fused-ring (bicyclic) bond motifs is 5. The molecule has 9 nitrogen and oxygen atoms in total. The first kappa shape index (κ1) is 20.8. The number of ether oxygens (including phenoxy) is 2. The molecule has 1 saturated carbocycles. The zero-order valence-corrected chi connectivity index (χ0v) is 17.1. The number of rotatable bonds is 6. The van der Waals surface area contributed by atoms with Gasteiger partial charge in [-0.05, 0) is 36.5 Å². The molecular weight excluding hydrogens is 404 g/mol. The Morgan fingerprint density at radius 3 is 1.94 bits per heavy atom. The highest BCUT2D eigenvalue weighted by Crippen LogP contribution is 2.52. The summed E-state index contributed by atoms with van der Waals surface area (Å²) < 4.78 is 9.34. The minimum absolute atomic E-state index is 0.0174. The van der Waals surface area contributed by atoms with Gasteiger partial charge in [-0.3, -0.25) is 19.3 Å². The maximum absolute atomic E-state index is 12.7. The molecular formula is C22H22N2O7. The molecule has 2 bridgehead atoms. The third kappa shape index (κ3) is 3.60. The van der Waals surface area contributed by atoms with E-state index in [2.05, 4.69) is 14.8 Å². The van der Waals surface area contributed by atoms with Crippen LogP contribution in [0, 0.1) is 23.7 Å². The number of methoxy groups -OCH3 is 2. The van der Waals surface area contributed by atoms with Crippen molar-refractivity contribution in [3.63, 3.8) is 0 Å². The van der Waals surface area contributed by atoms with E-state index in [1.54, 1.807) is 0 Å². The van der Waals surface area contributed by atoms with E-state index in [4.69, 9.17) is 0 Å². The molecule has 1 aliphatic heterocycles. The Balaban J connectivity index is 1.42. The van der Waals surface area contributed by atoms with E-state index in [0.29, 0.717) is 0 Å². The maximum Gasteiger partial charge on any atom is 0.337 e. The maximum atomic E-state index is 12.7. The van der Waals surface area contributed by atoms with Gasteiger partial charge in [-0.2, -0.15) is 0 Å². The highest BCUT2D eigenvalue weighted by Gasteiger charge is 2.59. The molecule has 0 aromatic heterocycles. The molecule has 9 heteroatoms. The molecule has 0 unspecified atom stereocenters. The summed E-state index contributed by atoms with van der Waals surface area (Å²) in [5.41, 5.74) is 0.342. The molecule has 3 aliphatic rings. The van der Waals surface area contributed by atoms with Gasteiger partial charge in [0.15, 0.2) is 0 Å². The van der Waals surface area contributed by atoms with Crippen LogP contribution in [0.4, 0.5) is 5.69 Å². The average molecular weight is 426 g/mol. The molecule has 1 aromatic rings. The molecule has 1 saturated heterocycles. The molecule has 1 N–H and O–H groups in total. The number of benzene rings is 1. The van der Waals surface area contributed by atoms with E-state index in [9.17, 15) is 24.0 Å². The molecule has 2 aliphatic carbocycles. The number of nitrogens with one attached hydrogen (secondary N) is 1. The number of imide groups is 1. The first-order valence-corrected chi connectivity index (χ1v) is 9.99. The van der Waals surface area contributed by atoms with Gasteiger partial charge in [0, 0.05) is 18.7 Å². The smallest absolute Gasteiger partial charge is 0.337 e. The Morgan fingerprint density at radius 2 is 1.45 bits per heavy atom. The minimum atomic E-state index is -0.677. The van der Waals surface area contributed by atoms with Gasteiger partial charge >= 0.3 is 11.9 Å². The van der Waals surface area contributed by atoms with Crippen molar-refractivity contribution >= 4 is 35.3 Å². The molecule has 1 heterocycles. The number of hydrogen-bond donors (Lipinski definition) is 1. The highest BCUT2D eigenvalue weighted by molar-refractivity contribution is 6.07. The predicted molar refractivity (Wildman–Crippen MR) is 107 cm³/mol. The summed E-state index contributed by atoms with van der Waals surface area (Å²) in [6.45, 7) is -0.0174. The largest absolute Gasteiger partial charge is 0.465 e. The van der Waals surface area contributed by atoms with Crippen molar-refractivity contribution in [1.82, 2.24) is 4.90 Å². The van der Waals surface area contributed by atoms with E-state index >= 15 is 0 Å². The van der Waals surface area contributed by atoms with Gasteiger partial charge in [-0.15, -0.1) is 0 Å². The van der Waals surface area contributed by atoms with Crippen LogP contribution in [0.2, 0.25) is 0 Å². The normalized spacial score (nSPS) is 25.5. The van der Waals surface area contributed by atoms with Crippen LogP contribution < -0.4 is 5.32 Å². The van der Waals surface area contributed by atoms with Crippen LogP contribution in [0.15, 0.2) is 30.4 Å². The Bertz CT molecular complexity index is 951. The van der Waals surface area contributed by atoms with Gasteiger partial charge in [0.25, 0.3) is 0 Å². The van der Waals surface area contributed by atoms with Crippen LogP contribution in [0.1, 0.15) is 33.6 Å². The monoisotopic (exact) mass is 426 g/mol. The highest BCUT2D eigenvalue weighted by atomic mass is 16.5. The second-order valence-corrected chi connectivity index (χ2v) is 7.91. The van der Waals surface area contributed by atoms with Gasteiger partial charge in [-0.25, -0.2) is 9.59 Å².